The van der Waals surface area contributed by atoms with Crippen molar-refractivity contribution in [1.29, 1.82) is 0 Å². The molecule has 0 atom stereocenters. The molecule has 4 nitrogen and oxygen atoms in total. The fraction of sp³-hybridized carbons (Fsp3) is 0.135. The Bertz CT molecular complexity index is 2740. The predicted octanol–water partition coefficient (Wildman–Crippen LogP) is 13.3. The van der Waals surface area contributed by atoms with Crippen molar-refractivity contribution in [3.05, 3.63) is 197 Å². The van der Waals surface area contributed by atoms with Gasteiger partial charge in [0.15, 0.2) is 5.82 Å². The van der Waals surface area contributed by atoms with Gasteiger partial charge in [-0.3, -0.25) is 4.98 Å². The van der Waals surface area contributed by atoms with Crippen LogP contribution in [0.15, 0.2) is 164 Å². The maximum atomic E-state index is 6.54. The molecule has 1 aliphatic heterocycles. The number of hydrogen-bond donors (Lipinski definition) is 0. The molecule has 0 fully saturated rings. The lowest BCUT2D eigenvalue weighted by Gasteiger charge is -2.39. The standard InChI is InChI=1S/C52H41N3O/c1-32(2)45-29-27-38(50(53-45)33(3)4)34-22-24-35(25-23-34)46-31-47(55-51(54-46)36-14-6-5-7-15-36)37-26-28-42-40(30-37)39-16-8-9-17-41(39)52(42)43-18-10-12-20-48(43)56-49-21-13-11-19-44(49)52/h5-33H,1-4H3. The van der Waals surface area contributed by atoms with Gasteiger partial charge in [-0.25, -0.2) is 9.97 Å². The fourth-order valence-corrected chi connectivity index (χ4v) is 8.79. The number of fused-ring (bicyclic) bond motifs is 9. The van der Waals surface area contributed by atoms with E-state index in [1.165, 1.54) is 27.8 Å². The largest absolute Gasteiger partial charge is 0.457 e. The molecule has 3 heterocycles. The molecule has 56 heavy (non-hydrogen) atoms. The van der Waals surface area contributed by atoms with Crippen molar-refractivity contribution in [2.45, 2.75) is 44.9 Å². The van der Waals surface area contributed by atoms with Gasteiger partial charge < -0.3 is 4.74 Å². The SMILES string of the molecule is CC(C)c1ccc(-c2ccc(-c3cc(-c4ccc5c(c4)-c4ccccc4C54c5ccccc5Oc5ccccc54)nc(-c4ccccc4)n3)cc2)c(C(C)C)n1. The van der Waals surface area contributed by atoms with Crippen LogP contribution >= 0.6 is 0 Å². The first-order valence-electron chi connectivity index (χ1n) is 19.6. The quantitative estimate of drug-likeness (QED) is 0.171. The Balaban J connectivity index is 1.12. The zero-order valence-corrected chi connectivity index (χ0v) is 32.0. The maximum Gasteiger partial charge on any atom is 0.160 e. The highest BCUT2D eigenvalue weighted by molar-refractivity contribution is 5.90. The number of pyridine rings is 1. The Kier molecular flexibility index (Phi) is 8.04. The van der Waals surface area contributed by atoms with Gasteiger partial charge in [-0.05, 0) is 70.0 Å². The van der Waals surface area contributed by atoms with E-state index in [1.807, 2.05) is 18.2 Å². The van der Waals surface area contributed by atoms with Crippen LogP contribution in [0.4, 0.5) is 0 Å². The highest BCUT2D eigenvalue weighted by Gasteiger charge is 2.50. The van der Waals surface area contributed by atoms with Crippen LogP contribution in [-0.4, -0.2) is 15.0 Å². The molecule has 270 valence electrons. The maximum absolute atomic E-state index is 6.54. The summed E-state index contributed by atoms with van der Waals surface area (Å²) in [4.78, 5) is 15.5. The van der Waals surface area contributed by atoms with Gasteiger partial charge >= 0.3 is 0 Å². The molecule has 0 radical (unpaired) electrons. The normalized spacial score (nSPS) is 13.2. The molecule has 1 aliphatic carbocycles. The molecule has 10 rings (SSSR count). The summed E-state index contributed by atoms with van der Waals surface area (Å²) < 4.78 is 6.54. The Labute approximate surface area is 328 Å². The van der Waals surface area contributed by atoms with E-state index in [-0.39, 0.29) is 0 Å². The summed E-state index contributed by atoms with van der Waals surface area (Å²) in [7, 11) is 0. The van der Waals surface area contributed by atoms with Crippen LogP contribution in [-0.2, 0) is 5.41 Å². The number of benzene rings is 6. The van der Waals surface area contributed by atoms with Crippen molar-refractivity contribution in [2.75, 3.05) is 0 Å². The molecule has 2 aromatic heterocycles. The summed E-state index contributed by atoms with van der Waals surface area (Å²) in [6.07, 6.45) is 0. The Morgan fingerprint density at radius 3 is 1.66 bits per heavy atom. The molecule has 0 unspecified atom stereocenters. The van der Waals surface area contributed by atoms with Crippen LogP contribution in [0.3, 0.4) is 0 Å². The van der Waals surface area contributed by atoms with E-state index in [2.05, 4.69) is 173 Å². The lowest BCUT2D eigenvalue weighted by molar-refractivity contribution is 0.436. The second-order valence-electron chi connectivity index (χ2n) is 15.5. The minimum absolute atomic E-state index is 0.311. The lowest BCUT2D eigenvalue weighted by Crippen LogP contribution is -2.32. The lowest BCUT2D eigenvalue weighted by atomic mass is 9.66. The first-order valence-corrected chi connectivity index (χ1v) is 19.6. The van der Waals surface area contributed by atoms with E-state index in [4.69, 9.17) is 19.7 Å². The van der Waals surface area contributed by atoms with Crippen molar-refractivity contribution in [3.8, 4) is 67.7 Å². The molecular weight excluding hydrogens is 683 g/mol. The van der Waals surface area contributed by atoms with E-state index < -0.39 is 5.41 Å². The number of aromatic nitrogens is 3. The van der Waals surface area contributed by atoms with Crippen LogP contribution in [0, 0.1) is 0 Å². The third-order valence-electron chi connectivity index (χ3n) is 11.5. The molecule has 6 aromatic carbocycles. The average molecular weight is 724 g/mol. The molecule has 4 heteroatoms. The van der Waals surface area contributed by atoms with Gasteiger partial charge in [-0.2, -0.15) is 0 Å². The Hall–Kier alpha value is -6.65. The monoisotopic (exact) mass is 723 g/mol. The van der Waals surface area contributed by atoms with Gasteiger partial charge in [0.1, 0.15) is 11.5 Å². The van der Waals surface area contributed by atoms with Crippen molar-refractivity contribution in [1.82, 2.24) is 15.0 Å². The zero-order valence-electron chi connectivity index (χ0n) is 32.0. The highest BCUT2D eigenvalue weighted by atomic mass is 16.5. The van der Waals surface area contributed by atoms with Gasteiger partial charge in [0.25, 0.3) is 0 Å². The average Bonchev–Trinajstić information content (AvgIpc) is 3.53. The summed E-state index contributed by atoms with van der Waals surface area (Å²) in [5.41, 5.74) is 16.1. The number of rotatable bonds is 6. The number of nitrogens with zero attached hydrogens (tertiary/aromatic N) is 3. The topological polar surface area (TPSA) is 47.9 Å². The predicted molar refractivity (Wildman–Crippen MR) is 227 cm³/mol. The molecule has 1 spiro atoms. The number of ether oxygens (including phenoxy) is 1. The molecule has 0 saturated carbocycles. The third-order valence-corrected chi connectivity index (χ3v) is 11.5. The van der Waals surface area contributed by atoms with E-state index in [0.29, 0.717) is 17.7 Å². The van der Waals surface area contributed by atoms with E-state index in [1.54, 1.807) is 0 Å². The molecule has 0 N–H and O–H groups in total. The van der Waals surface area contributed by atoms with Gasteiger partial charge in [0, 0.05) is 39.1 Å². The number of para-hydroxylation sites is 2. The Morgan fingerprint density at radius 2 is 0.982 bits per heavy atom. The summed E-state index contributed by atoms with van der Waals surface area (Å²) in [6.45, 7) is 8.83. The summed E-state index contributed by atoms with van der Waals surface area (Å²) in [5, 5.41) is 0. The molecule has 0 amide bonds. The number of hydrogen-bond acceptors (Lipinski definition) is 4. The van der Waals surface area contributed by atoms with Crippen molar-refractivity contribution < 1.29 is 4.74 Å². The van der Waals surface area contributed by atoms with Crippen LogP contribution in [0.5, 0.6) is 11.5 Å². The van der Waals surface area contributed by atoms with Crippen LogP contribution in [0.25, 0.3) is 56.2 Å². The summed E-state index contributed by atoms with van der Waals surface area (Å²) >= 11 is 0. The minimum atomic E-state index is -0.510. The zero-order chi connectivity index (χ0) is 38.0. The molecule has 0 bridgehead atoms. The van der Waals surface area contributed by atoms with E-state index in [0.717, 1.165) is 67.7 Å². The van der Waals surface area contributed by atoms with E-state index >= 15 is 0 Å². The first-order chi connectivity index (χ1) is 27.4. The van der Waals surface area contributed by atoms with Gasteiger partial charge in [-0.1, -0.05) is 161 Å². The van der Waals surface area contributed by atoms with Crippen LogP contribution < -0.4 is 4.74 Å². The molecular formula is C52H41N3O. The van der Waals surface area contributed by atoms with Gasteiger partial charge in [0.2, 0.25) is 0 Å². The van der Waals surface area contributed by atoms with Gasteiger partial charge in [-0.15, -0.1) is 0 Å². The van der Waals surface area contributed by atoms with Crippen molar-refractivity contribution in [3.63, 3.8) is 0 Å². The molecule has 8 aromatic rings. The van der Waals surface area contributed by atoms with Crippen molar-refractivity contribution >= 4 is 0 Å². The van der Waals surface area contributed by atoms with Crippen LogP contribution in [0.2, 0.25) is 0 Å². The Morgan fingerprint density at radius 1 is 0.411 bits per heavy atom. The van der Waals surface area contributed by atoms with Crippen molar-refractivity contribution in [2.24, 2.45) is 0 Å². The van der Waals surface area contributed by atoms with Crippen LogP contribution in [0.1, 0.15) is 73.2 Å². The van der Waals surface area contributed by atoms with E-state index in [9.17, 15) is 0 Å². The molecule has 2 aliphatic rings. The third kappa shape index (κ3) is 5.31. The van der Waals surface area contributed by atoms with Gasteiger partial charge in [0.05, 0.1) is 22.5 Å². The first kappa shape index (κ1) is 33.9. The smallest absolute Gasteiger partial charge is 0.160 e. The summed E-state index contributed by atoms with van der Waals surface area (Å²) in [6, 6.07) is 58.3. The second-order valence-corrected chi connectivity index (χ2v) is 15.5. The second kappa shape index (κ2) is 13.3. The fourth-order valence-electron chi connectivity index (χ4n) is 8.79. The summed E-state index contributed by atoms with van der Waals surface area (Å²) in [5.74, 6) is 3.17. The highest BCUT2D eigenvalue weighted by Crippen LogP contribution is 2.62. The molecule has 0 saturated heterocycles. The minimum Gasteiger partial charge on any atom is -0.457 e.